The van der Waals surface area contributed by atoms with Gasteiger partial charge in [0.1, 0.15) is 0 Å². The van der Waals surface area contributed by atoms with Crippen molar-refractivity contribution in [3.63, 3.8) is 0 Å². The van der Waals surface area contributed by atoms with E-state index in [1.807, 2.05) is 4.90 Å². The summed E-state index contributed by atoms with van der Waals surface area (Å²) in [5, 5.41) is 3.28. The lowest BCUT2D eigenvalue weighted by atomic mass is 9.94. The standard InChI is InChI=1S/C15H22N2O/c1-3-14(13-6-4-12(2)5-7-13)15(18)17-10-8-16-9-11-17/h4-7,14,16H,3,8-11H2,1-2H3. The van der Waals surface area contributed by atoms with Gasteiger partial charge < -0.3 is 10.2 Å². The van der Waals surface area contributed by atoms with Gasteiger partial charge in [-0.2, -0.15) is 0 Å². The van der Waals surface area contributed by atoms with Crippen LogP contribution in [0.1, 0.15) is 30.4 Å². The zero-order chi connectivity index (χ0) is 13.0. The number of carbonyl (C=O) groups is 1. The van der Waals surface area contributed by atoms with Crippen molar-refractivity contribution in [2.45, 2.75) is 26.2 Å². The van der Waals surface area contributed by atoms with E-state index in [9.17, 15) is 4.79 Å². The number of amides is 1. The van der Waals surface area contributed by atoms with Crippen LogP contribution in [-0.2, 0) is 4.79 Å². The lowest BCUT2D eigenvalue weighted by Crippen LogP contribution is -2.48. The molecule has 1 heterocycles. The topological polar surface area (TPSA) is 32.3 Å². The third kappa shape index (κ3) is 2.91. The highest BCUT2D eigenvalue weighted by atomic mass is 16.2. The zero-order valence-electron chi connectivity index (χ0n) is 11.3. The molecule has 2 rings (SSSR count). The van der Waals surface area contributed by atoms with Gasteiger partial charge in [-0.05, 0) is 18.9 Å². The number of hydrogen-bond acceptors (Lipinski definition) is 2. The van der Waals surface area contributed by atoms with Crippen LogP contribution in [0, 0.1) is 6.92 Å². The Hall–Kier alpha value is -1.35. The maximum absolute atomic E-state index is 12.5. The van der Waals surface area contributed by atoms with Crippen molar-refractivity contribution in [3.8, 4) is 0 Å². The summed E-state index contributed by atoms with van der Waals surface area (Å²) >= 11 is 0. The highest BCUT2D eigenvalue weighted by Crippen LogP contribution is 2.22. The number of nitrogens with zero attached hydrogens (tertiary/aromatic N) is 1. The van der Waals surface area contributed by atoms with Crippen LogP contribution in [0.25, 0.3) is 0 Å². The van der Waals surface area contributed by atoms with Gasteiger partial charge in [0, 0.05) is 26.2 Å². The van der Waals surface area contributed by atoms with Crippen LogP contribution < -0.4 is 5.32 Å². The molecule has 0 radical (unpaired) electrons. The van der Waals surface area contributed by atoms with Gasteiger partial charge in [-0.1, -0.05) is 36.8 Å². The van der Waals surface area contributed by atoms with Crippen molar-refractivity contribution in [1.82, 2.24) is 10.2 Å². The van der Waals surface area contributed by atoms with Crippen molar-refractivity contribution in [1.29, 1.82) is 0 Å². The van der Waals surface area contributed by atoms with Gasteiger partial charge in [0.25, 0.3) is 0 Å². The van der Waals surface area contributed by atoms with E-state index in [0.717, 1.165) is 38.2 Å². The van der Waals surface area contributed by atoms with Crippen molar-refractivity contribution in [3.05, 3.63) is 35.4 Å². The Balaban J connectivity index is 2.12. The van der Waals surface area contributed by atoms with Crippen LogP contribution in [0.15, 0.2) is 24.3 Å². The SMILES string of the molecule is CCC(C(=O)N1CCNCC1)c1ccc(C)cc1. The molecule has 1 amide bonds. The van der Waals surface area contributed by atoms with E-state index in [1.54, 1.807) is 0 Å². The van der Waals surface area contributed by atoms with Crippen LogP contribution in [0.3, 0.4) is 0 Å². The second-order valence-electron chi connectivity index (χ2n) is 4.95. The fourth-order valence-corrected chi connectivity index (χ4v) is 2.46. The van der Waals surface area contributed by atoms with E-state index < -0.39 is 0 Å². The number of aryl methyl sites for hydroxylation is 1. The second-order valence-corrected chi connectivity index (χ2v) is 4.95. The smallest absolute Gasteiger partial charge is 0.230 e. The minimum Gasteiger partial charge on any atom is -0.340 e. The Morgan fingerprint density at radius 3 is 2.44 bits per heavy atom. The molecule has 3 nitrogen and oxygen atoms in total. The van der Waals surface area contributed by atoms with E-state index in [0.29, 0.717) is 0 Å². The molecule has 1 unspecified atom stereocenters. The van der Waals surface area contributed by atoms with E-state index in [1.165, 1.54) is 5.56 Å². The Kier molecular flexibility index (Phi) is 4.37. The van der Waals surface area contributed by atoms with Crippen molar-refractivity contribution in [2.24, 2.45) is 0 Å². The quantitative estimate of drug-likeness (QED) is 0.883. The minimum absolute atomic E-state index is 0.0173. The lowest BCUT2D eigenvalue weighted by Gasteiger charge is -2.30. The number of piperazine rings is 1. The molecule has 0 bridgehead atoms. The number of hydrogen-bond donors (Lipinski definition) is 1. The predicted octanol–water partition coefficient (Wildman–Crippen LogP) is 1.92. The van der Waals surface area contributed by atoms with Crippen molar-refractivity contribution < 1.29 is 4.79 Å². The molecule has 18 heavy (non-hydrogen) atoms. The molecule has 0 saturated carbocycles. The molecule has 3 heteroatoms. The average molecular weight is 246 g/mol. The fourth-order valence-electron chi connectivity index (χ4n) is 2.46. The summed E-state index contributed by atoms with van der Waals surface area (Å²) in [5.41, 5.74) is 2.38. The molecule has 1 aromatic carbocycles. The summed E-state index contributed by atoms with van der Waals surface area (Å²) in [6.45, 7) is 7.65. The summed E-state index contributed by atoms with van der Waals surface area (Å²) < 4.78 is 0. The normalized spacial score (nSPS) is 17.6. The highest BCUT2D eigenvalue weighted by molar-refractivity contribution is 5.83. The first-order valence-corrected chi connectivity index (χ1v) is 6.78. The molecule has 0 spiro atoms. The third-order valence-corrected chi connectivity index (χ3v) is 3.61. The first kappa shape index (κ1) is 13.1. The van der Waals surface area contributed by atoms with Gasteiger partial charge in [0.15, 0.2) is 0 Å². The molecule has 1 atom stereocenters. The zero-order valence-corrected chi connectivity index (χ0v) is 11.3. The Labute approximate surface area is 109 Å². The summed E-state index contributed by atoms with van der Waals surface area (Å²) in [6, 6.07) is 8.35. The Morgan fingerprint density at radius 1 is 1.28 bits per heavy atom. The molecule has 1 saturated heterocycles. The van der Waals surface area contributed by atoms with Gasteiger partial charge in [0.2, 0.25) is 5.91 Å². The average Bonchev–Trinajstić information content (AvgIpc) is 2.42. The van der Waals surface area contributed by atoms with Gasteiger partial charge in [-0.3, -0.25) is 4.79 Å². The molecule has 1 fully saturated rings. The lowest BCUT2D eigenvalue weighted by molar-refractivity contribution is -0.133. The van der Waals surface area contributed by atoms with E-state index >= 15 is 0 Å². The van der Waals surface area contributed by atoms with Crippen molar-refractivity contribution >= 4 is 5.91 Å². The van der Waals surface area contributed by atoms with E-state index in [-0.39, 0.29) is 11.8 Å². The minimum atomic E-state index is 0.0173. The van der Waals surface area contributed by atoms with Crippen LogP contribution in [0.4, 0.5) is 0 Å². The van der Waals surface area contributed by atoms with Crippen LogP contribution in [-0.4, -0.2) is 37.0 Å². The molecule has 0 aromatic heterocycles. The first-order valence-electron chi connectivity index (χ1n) is 6.78. The maximum Gasteiger partial charge on any atom is 0.230 e. The fraction of sp³-hybridized carbons (Fsp3) is 0.533. The summed E-state index contributed by atoms with van der Waals surface area (Å²) in [6.07, 6.45) is 0.867. The summed E-state index contributed by atoms with van der Waals surface area (Å²) in [7, 11) is 0. The summed E-state index contributed by atoms with van der Waals surface area (Å²) in [5.74, 6) is 0.298. The molecule has 1 aliphatic rings. The number of rotatable bonds is 3. The largest absolute Gasteiger partial charge is 0.340 e. The molecule has 1 aromatic rings. The van der Waals surface area contributed by atoms with E-state index in [2.05, 4.69) is 43.4 Å². The Morgan fingerprint density at radius 2 is 1.89 bits per heavy atom. The molecule has 98 valence electrons. The molecule has 0 aliphatic carbocycles. The van der Waals surface area contributed by atoms with Crippen LogP contribution in [0.5, 0.6) is 0 Å². The second kappa shape index (κ2) is 6.01. The van der Waals surface area contributed by atoms with E-state index in [4.69, 9.17) is 0 Å². The van der Waals surface area contributed by atoms with Gasteiger partial charge in [0.05, 0.1) is 5.92 Å². The van der Waals surface area contributed by atoms with Crippen molar-refractivity contribution in [2.75, 3.05) is 26.2 Å². The monoisotopic (exact) mass is 246 g/mol. The molecular formula is C15H22N2O. The summed E-state index contributed by atoms with van der Waals surface area (Å²) in [4.78, 5) is 14.5. The van der Waals surface area contributed by atoms with Gasteiger partial charge in [-0.15, -0.1) is 0 Å². The highest BCUT2D eigenvalue weighted by Gasteiger charge is 2.25. The maximum atomic E-state index is 12.5. The molecular weight excluding hydrogens is 224 g/mol. The van der Waals surface area contributed by atoms with Crippen LogP contribution in [0.2, 0.25) is 0 Å². The predicted molar refractivity (Wildman–Crippen MR) is 73.7 cm³/mol. The van der Waals surface area contributed by atoms with Gasteiger partial charge >= 0.3 is 0 Å². The van der Waals surface area contributed by atoms with Crippen LogP contribution >= 0.6 is 0 Å². The molecule has 1 N–H and O–H groups in total. The molecule has 1 aliphatic heterocycles. The third-order valence-electron chi connectivity index (χ3n) is 3.61. The number of carbonyl (C=O) groups excluding carboxylic acids is 1. The van der Waals surface area contributed by atoms with Gasteiger partial charge in [-0.25, -0.2) is 0 Å². The Bertz CT molecular complexity index is 393. The number of nitrogens with one attached hydrogen (secondary N) is 1. The number of benzene rings is 1. The first-order chi connectivity index (χ1) is 8.72.